The number of imide groups is 2. The number of nitrogens with one attached hydrogen (secondary N) is 1. The van der Waals surface area contributed by atoms with Crippen LogP contribution in [0.15, 0.2) is 0 Å². The summed E-state index contributed by atoms with van der Waals surface area (Å²) >= 11 is 0. The largest absolute Gasteiger partial charge is 0.375 e. The number of carbonyl (C=O) groups excluding carboxylic acids is 3. The second-order valence-corrected chi connectivity index (χ2v) is 5.18. The molecule has 2 aliphatic heterocycles. The van der Waals surface area contributed by atoms with E-state index in [9.17, 15) is 14.4 Å². The summed E-state index contributed by atoms with van der Waals surface area (Å²) in [6.45, 7) is 4.64. The normalized spacial score (nSPS) is 27.4. The number of carbonyl (C=O) groups is 3. The lowest BCUT2D eigenvalue weighted by Crippen LogP contribution is -2.59. The Balaban J connectivity index is 2.14. The van der Waals surface area contributed by atoms with Gasteiger partial charge in [-0.15, -0.1) is 0 Å². The fourth-order valence-corrected chi connectivity index (χ4v) is 2.89. The second-order valence-electron chi connectivity index (χ2n) is 5.18. The van der Waals surface area contributed by atoms with Crippen LogP contribution in [-0.2, 0) is 14.3 Å². The number of barbiturate groups is 1. The van der Waals surface area contributed by atoms with Crippen molar-refractivity contribution >= 4 is 17.8 Å². The molecule has 0 saturated carbocycles. The summed E-state index contributed by atoms with van der Waals surface area (Å²) in [6.07, 6.45) is 2.74. The number of nitrogens with zero attached hydrogens (tertiary/aromatic N) is 1. The van der Waals surface area contributed by atoms with Crippen LogP contribution >= 0.6 is 0 Å². The Hall–Kier alpha value is -1.43. The van der Waals surface area contributed by atoms with E-state index in [0.29, 0.717) is 19.4 Å². The predicted molar refractivity (Wildman–Crippen MR) is 67.3 cm³/mol. The summed E-state index contributed by atoms with van der Waals surface area (Å²) in [5.74, 6) is -0.919. The summed E-state index contributed by atoms with van der Waals surface area (Å²) in [4.78, 5) is 36.1. The molecule has 0 aromatic heterocycles. The van der Waals surface area contributed by atoms with Crippen LogP contribution in [0.25, 0.3) is 0 Å². The van der Waals surface area contributed by atoms with Crippen molar-refractivity contribution in [1.82, 2.24) is 10.2 Å². The van der Waals surface area contributed by atoms with E-state index < -0.39 is 17.8 Å². The van der Waals surface area contributed by atoms with E-state index >= 15 is 0 Å². The first-order chi connectivity index (χ1) is 9.01. The zero-order valence-corrected chi connectivity index (χ0v) is 11.4. The third-order valence-electron chi connectivity index (χ3n) is 4.17. The van der Waals surface area contributed by atoms with Gasteiger partial charge in [0.2, 0.25) is 11.8 Å². The molecule has 6 nitrogen and oxygen atoms in total. The fraction of sp³-hybridized carbons (Fsp3) is 0.769. The second kappa shape index (κ2) is 5.28. The summed E-state index contributed by atoms with van der Waals surface area (Å²) in [7, 11) is 0. The predicted octanol–water partition coefficient (Wildman–Crippen LogP) is 1.19. The average molecular weight is 268 g/mol. The van der Waals surface area contributed by atoms with Gasteiger partial charge in [0.1, 0.15) is 6.42 Å². The first-order valence-corrected chi connectivity index (χ1v) is 6.81. The van der Waals surface area contributed by atoms with Gasteiger partial charge in [-0.1, -0.05) is 13.8 Å². The van der Waals surface area contributed by atoms with Gasteiger partial charge < -0.3 is 4.74 Å². The maximum absolute atomic E-state index is 11.9. The van der Waals surface area contributed by atoms with Crippen LogP contribution in [-0.4, -0.2) is 41.0 Å². The molecule has 1 N–H and O–H groups in total. The van der Waals surface area contributed by atoms with Gasteiger partial charge in [-0.25, -0.2) is 4.79 Å². The van der Waals surface area contributed by atoms with Crippen molar-refractivity contribution in [2.24, 2.45) is 0 Å². The van der Waals surface area contributed by atoms with Gasteiger partial charge in [0.15, 0.2) is 0 Å². The van der Waals surface area contributed by atoms with E-state index in [1.54, 1.807) is 0 Å². The zero-order chi connectivity index (χ0) is 14.0. The third-order valence-corrected chi connectivity index (χ3v) is 4.17. The quantitative estimate of drug-likeness (QED) is 0.780. The highest BCUT2D eigenvalue weighted by Gasteiger charge is 2.42. The van der Waals surface area contributed by atoms with Gasteiger partial charge >= 0.3 is 6.03 Å². The van der Waals surface area contributed by atoms with Gasteiger partial charge in [0, 0.05) is 12.6 Å². The maximum atomic E-state index is 11.9. The van der Waals surface area contributed by atoms with Crippen molar-refractivity contribution in [2.75, 3.05) is 6.61 Å². The van der Waals surface area contributed by atoms with E-state index in [2.05, 4.69) is 5.32 Å². The van der Waals surface area contributed by atoms with Crippen LogP contribution in [0.3, 0.4) is 0 Å². The summed E-state index contributed by atoms with van der Waals surface area (Å²) in [6, 6.07) is -0.761. The molecule has 106 valence electrons. The van der Waals surface area contributed by atoms with Crippen molar-refractivity contribution in [3.63, 3.8) is 0 Å². The summed E-state index contributed by atoms with van der Waals surface area (Å²) < 4.78 is 5.84. The molecule has 6 heteroatoms. The van der Waals surface area contributed by atoms with Crippen LogP contribution in [0, 0.1) is 0 Å². The van der Waals surface area contributed by atoms with E-state index in [1.807, 2.05) is 13.8 Å². The van der Waals surface area contributed by atoms with E-state index in [0.717, 1.165) is 12.8 Å². The first-order valence-electron chi connectivity index (χ1n) is 6.81. The molecule has 2 fully saturated rings. The lowest BCUT2D eigenvalue weighted by Gasteiger charge is -2.43. The number of urea groups is 1. The van der Waals surface area contributed by atoms with Crippen molar-refractivity contribution in [2.45, 2.75) is 57.6 Å². The Morgan fingerprint density at radius 2 is 2.00 bits per heavy atom. The zero-order valence-electron chi connectivity index (χ0n) is 11.4. The number of ether oxygens (including phenoxy) is 1. The van der Waals surface area contributed by atoms with Gasteiger partial charge in [0.25, 0.3) is 0 Å². The highest BCUT2D eigenvalue weighted by atomic mass is 16.5. The molecular formula is C13H20N2O4. The molecule has 0 aliphatic carbocycles. The molecule has 1 unspecified atom stereocenters. The van der Waals surface area contributed by atoms with Crippen LogP contribution < -0.4 is 5.32 Å². The highest BCUT2D eigenvalue weighted by molar-refractivity contribution is 6.14. The maximum Gasteiger partial charge on any atom is 0.331 e. The molecule has 1 atom stereocenters. The van der Waals surface area contributed by atoms with Gasteiger partial charge in [-0.3, -0.25) is 19.8 Å². The first kappa shape index (κ1) is 14.0. The van der Waals surface area contributed by atoms with Crippen LogP contribution in [0.5, 0.6) is 0 Å². The highest BCUT2D eigenvalue weighted by Crippen LogP contribution is 2.34. The average Bonchev–Trinajstić information content (AvgIpc) is 2.37. The standard InChI is InChI=1S/C13H20N2O4/c1-3-13(4-2)8-9(5-6-19-13)15-11(17)7-10(16)14-12(15)18/h9H,3-8H2,1-2H3,(H,14,16,18). The molecule has 2 aliphatic rings. The minimum Gasteiger partial charge on any atom is -0.375 e. The van der Waals surface area contributed by atoms with E-state index in [-0.39, 0.29) is 18.1 Å². The molecule has 2 rings (SSSR count). The Morgan fingerprint density at radius 1 is 1.32 bits per heavy atom. The minimum atomic E-state index is -0.589. The van der Waals surface area contributed by atoms with Gasteiger partial charge in [0.05, 0.1) is 5.60 Å². The third kappa shape index (κ3) is 2.63. The van der Waals surface area contributed by atoms with Gasteiger partial charge in [-0.05, 0) is 25.7 Å². The van der Waals surface area contributed by atoms with E-state index in [1.165, 1.54) is 4.90 Å². The van der Waals surface area contributed by atoms with Crippen LogP contribution in [0.2, 0.25) is 0 Å². The van der Waals surface area contributed by atoms with Crippen molar-refractivity contribution in [3.05, 3.63) is 0 Å². The van der Waals surface area contributed by atoms with Crippen molar-refractivity contribution in [3.8, 4) is 0 Å². The fourth-order valence-electron chi connectivity index (χ4n) is 2.89. The van der Waals surface area contributed by atoms with Gasteiger partial charge in [-0.2, -0.15) is 0 Å². The Bertz CT molecular complexity index is 383. The monoisotopic (exact) mass is 268 g/mol. The summed E-state index contributed by atoms with van der Waals surface area (Å²) in [5, 5.41) is 2.21. The molecule has 0 aromatic rings. The number of rotatable bonds is 3. The number of amides is 4. The Morgan fingerprint density at radius 3 is 2.58 bits per heavy atom. The lowest BCUT2D eigenvalue weighted by molar-refractivity contribution is -0.144. The number of hydrogen-bond acceptors (Lipinski definition) is 4. The van der Waals surface area contributed by atoms with E-state index in [4.69, 9.17) is 4.74 Å². The molecule has 0 aromatic carbocycles. The Kier molecular flexibility index (Phi) is 3.89. The molecular weight excluding hydrogens is 248 g/mol. The molecule has 4 amide bonds. The topological polar surface area (TPSA) is 75.7 Å². The molecule has 2 heterocycles. The smallest absolute Gasteiger partial charge is 0.331 e. The van der Waals surface area contributed by atoms with Crippen LogP contribution in [0.4, 0.5) is 4.79 Å². The lowest BCUT2D eigenvalue weighted by atomic mass is 9.85. The Labute approximate surface area is 112 Å². The molecule has 0 bridgehead atoms. The van der Waals surface area contributed by atoms with Crippen LogP contribution in [0.1, 0.15) is 46.0 Å². The SMILES string of the molecule is CCC1(CC)CC(N2C(=O)CC(=O)NC2=O)CCO1. The summed E-state index contributed by atoms with van der Waals surface area (Å²) in [5.41, 5.74) is -0.259. The number of hydrogen-bond donors (Lipinski definition) is 1. The van der Waals surface area contributed by atoms with Crippen molar-refractivity contribution in [1.29, 1.82) is 0 Å². The molecule has 0 spiro atoms. The molecule has 0 radical (unpaired) electrons. The molecule has 2 saturated heterocycles. The molecule has 19 heavy (non-hydrogen) atoms. The minimum absolute atomic E-state index is 0.172. The van der Waals surface area contributed by atoms with Crippen molar-refractivity contribution < 1.29 is 19.1 Å².